The number of aromatic carboxylic acids is 1. The number of hydrogen-bond acceptors (Lipinski definition) is 10. The summed E-state index contributed by atoms with van der Waals surface area (Å²) in [4.78, 5) is 25.2. The fourth-order valence-corrected chi connectivity index (χ4v) is 4.40. The van der Waals surface area contributed by atoms with Crippen molar-refractivity contribution < 1.29 is 42.4 Å². The molecule has 0 bridgehead atoms. The highest BCUT2D eigenvalue weighted by molar-refractivity contribution is 7.90. The van der Waals surface area contributed by atoms with Gasteiger partial charge in [0.2, 0.25) is 0 Å². The first-order valence-electron chi connectivity index (χ1n) is 10.7. The molecule has 1 heterocycles. The van der Waals surface area contributed by atoms with Crippen LogP contribution in [0.3, 0.4) is 0 Å². The zero-order chi connectivity index (χ0) is 27.1. The number of esters is 1. The van der Waals surface area contributed by atoms with Crippen LogP contribution in [0.4, 0.5) is 5.69 Å². The molecule has 11 nitrogen and oxygen atoms in total. The van der Waals surface area contributed by atoms with E-state index in [1.54, 1.807) is 13.8 Å². The van der Waals surface area contributed by atoms with Crippen LogP contribution in [0.1, 0.15) is 37.4 Å². The minimum Gasteiger partial charge on any atom is -0.507 e. The first-order chi connectivity index (χ1) is 17.4. The average molecular weight is 527 g/mol. The van der Waals surface area contributed by atoms with Crippen LogP contribution in [0.15, 0.2) is 46.4 Å². The number of methoxy groups -OCH3 is 1. The van der Waals surface area contributed by atoms with E-state index in [9.17, 15) is 28.2 Å². The maximum absolute atomic E-state index is 13.1. The Hall–Kier alpha value is -4.58. The molecule has 0 saturated carbocycles. The molecule has 4 rings (SSSR count). The SMILES string of the molecule is COc1cc(C(=O)O)c2c(c1C)OC(=O)c1c(C)cc(O)c(/C=N/Nc3ccc(S(C)(=O)=O)cc3)c1O2. The molecule has 0 radical (unpaired) electrons. The summed E-state index contributed by atoms with van der Waals surface area (Å²) >= 11 is 0. The van der Waals surface area contributed by atoms with Gasteiger partial charge in [-0.05, 0) is 55.8 Å². The summed E-state index contributed by atoms with van der Waals surface area (Å²) in [6.07, 6.45) is 2.28. The van der Waals surface area contributed by atoms with Gasteiger partial charge < -0.3 is 24.4 Å². The van der Waals surface area contributed by atoms with E-state index in [0.29, 0.717) is 16.8 Å². The van der Waals surface area contributed by atoms with E-state index >= 15 is 0 Å². The summed E-state index contributed by atoms with van der Waals surface area (Å²) in [5, 5.41) is 24.5. The number of anilines is 1. The molecule has 3 aromatic rings. The maximum Gasteiger partial charge on any atom is 0.347 e. The number of phenols is 1. The third-order valence-electron chi connectivity index (χ3n) is 5.65. The molecule has 3 aromatic carbocycles. The smallest absolute Gasteiger partial charge is 0.347 e. The quantitative estimate of drug-likeness (QED) is 0.186. The topological polar surface area (TPSA) is 161 Å². The van der Waals surface area contributed by atoms with E-state index in [1.165, 1.54) is 49.7 Å². The molecule has 0 spiro atoms. The van der Waals surface area contributed by atoms with Crippen molar-refractivity contribution in [3.05, 3.63) is 64.2 Å². The van der Waals surface area contributed by atoms with Crippen molar-refractivity contribution in [2.75, 3.05) is 18.8 Å². The lowest BCUT2D eigenvalue weighted by atomic mass is 10.0. The number of carbonyl (C=O) groups is 2. The fourth-order valence-electron chi connectivity index (χ4n) is 3.77. The largest absolute Gasteiger partial charge is 0.507 e. The van der Waals surface area contributed by atoms with Gasteiger partial charge in [-0.2, -0.15) is 5.10 Å². The Labute approximate surface area is 211 Å². The van der Waals surface area contributed by atoms with E-state index < -0.39 is 21.8 Å². The molecular weight excluding hydrogens is 504 g/mol. The second kappa shape index (κ2) is 9.47. The molecule has 0 unspecified atom stereocenters. The van der Waals surface area contributed by atoms with Gasteiger partial charge in [-0.1, -0.05) is 0 Å². The molecule has 0 amide bonds. The molecule has 3 N–H and O–H groups in total. The summed E-state index contributed by atoms with van der Waals surface area (Å²) < 4.78 is 40.0. The minimum absolute atomic E-state index is 0.0181. The van der Waals surface area contributed by atoms with Crippen molar-refractivity contribution in [1.29, 1.82) is 0 Å². The molecule has 1 aliphatic rings. The lowest BCUT2D eigenvalue weighted by Gasteiger charge is -2.16. The summed E-state index contributed by atoms with van der Waals surface area (Å²) in [5.74, 6) is -2.77. The zero-order valence-corrected chi connectivity index (χ0v) is 21.0. The van der Waals surface area contributed by atoms with E-state index in [-0.39, 0.29) is 50.3 Å². The number of nitrogens with zero attached hydrogens (tertiary/aromatic N) is 1. The summed E-state index contributed by atoms with van der Waals surface area (Å²) in [7, 11) is -2.01. The molecule has 0 fully saturated rings. The molecule has 12 heteroatoms. The van der Waals surface area contributed by atoms with Crippen LogP contribution in [0.2, 0.25) is 0 Å². The summed E-state index contributed by atoms with van der Waals surface area (Å²) in [6.45, 7) is 3.15. The van der Waals surface area contributed by atoms with Crippen LogP contribution in [0, 0.1) is 13.8 Å². The van der Waals surface area contributed by atoms with Crippen LogP contribution in [-0.2, 0) is 9.84 Å². The number of hydrazone groups is 1. The summed E-state index contributed by atoms with van der Waals surface area (Å²) in [6, 6.07) is 8.39. The first kappa shape index (κ1) is 25.5. The molecule has 192 valence electrons. The van der Waals surface area contributed by atoms with E-state index in [2.05, 4.69) is 10.5 Å². The Kier molecular flexibility index (Phi) is 6.53. The van der Waals surface area contributed by atoms with Gasteiger partial charge in [0, 0.05) is 11.8 Å². The second-order valence-corrected chi connectivity index (χ2v) is 10.2. The fraction of sp³-hybridized carbons (Fsp3) is 0.160. The number of rotatable bonds is 6. The number of aryl methyl sites for hydroxylation is 1. The van der Waals surface area contributed by atoms with Crippen LogP contribution >= 0.6 is 0 Å². The lowest BCUT2D eigenvalue weighted by Crippen LogP contribution is -2.11. The molecule has 1 aliphatic heterocycles. The number of benzene rings is 3. The van der Waals surface area contributed by atoms with E-state index in [1.807, 2.05) is 0 Å². The van der Waals surface area contributed by atoms with Crippen LogP contribution in [0.25, 0.3) is 0 Å². The number of sulfone groups is 1. The molecule has 0 atom stereocenters. The Morgan fingerprint density at radius 1 is 1.08 bits per heavy atom. The van der Waals surface area contributed by atoms with Gasteiger partial charge in [0.25, 0.3) is 0 Å². The Bertz CT molecular complexity index is 1580. The van der Waals surface area contributed by atoms with Crippen molar-refractivity contribution >= 4 is 33.7 Å². The third-order valence-corrected chi connectivity index (χ3v) is 6.78. The van der Waals surface area contributed by atoms with Crippen molar-refractivity contribution in [3.63, 3.8) is 0 Å². The van der Waals surface area contributed by atoms with Crippen LogP contribution in [0.5, 0.6) is 28.7 Å². The summed E-state index contributed by atoms with van der Waals surface area (Å²) in [5.41, 5.74) is 3.47. The van der Waals surface area contributed by atoms with Crippen LogP contribution < -0.4 is 19.6 Å². The normalized spacial score (nSPS) is 12.7. The Morgan fingerprint density at radius 3 is 2.35 bits per heavy atom. The number of ether oxygens (including phenoxy) is 3. The van der Waals surface area contributed by atoms with Crippen molar-refractivity contribution in [1.82, 2.24) is 0 Å². The number of carbonyl (C=O) groups excluding carboxylic acids is 1. The third kappa shape index (κ3) is 4.78. The van der Waals surface area contributed by atoms with Crippen LogP contribution in [-0.4, -0.2) is 50.1 Å². The minimum atomic E-state index is -3.36. The Balaban J connectivity index is 1.80. The number of carboxylic acid groups (broad SMARTS) is 1. The standard InChI is InChI=1S/C25H22N2O9S/c1-12-9-18(28)17(11-26-27-14-5-7-15(8-6-14)37(4,32)33)22-20(12)25(31)36-21-13(2)19(34-3)10-16(24(29)30)23(21)35-22/h5-11,27-28H,1-4H3,(H,29,30)/b26-11+. The molecule has 0 aliphatic carbocycles. The van der Waals surface area contributed by atoms with Gasteiger partial charge in [-0.3, -0.25) is 5.43 Å². The van der Waals surface area contributed by atoms with E-state index in [0.717, 1.165) is 6.26 Å². The maximum atomic E-state index is 13.1. The van der Waals surface area contributed by atoms with E-state index in [4.69, 9.17) is 14.2 Å². The van der Waals surface area contributed by atoms with Gasteiger partial charge in [-0.15, -0.1) is 0 Å². The number of phenolic OH excluding ortho intramolecular Hbond substituents is 1. The van der Waals surface area contributed by atoms with Crippen molar-refractivity contribution in [2.45, 2.75) is 18.7 Å². The number of fused-ring (bicyclic) bond motifs is 2. The number of nitrogens with one attached hydrogen (secondary N) is 1. The zero-order valence-electron chi connectivity index (χ0n) is 20.1. The Morgan fingerprint density at radius 2 is 1.76 bits per heavy atom. The second-order valence-electron chi connectivity index (χ2n) is 8.20. The number of carboxylic acids is 1. The predicted octanol–water partition coefficient (Wildman–Crippen LogP) is 3.89. The van der Waals surface area contributed by atoms with Gasteiger partial charge in [0.1, 0.15) is 22.6 Å². The highest BCUT2D eigenvalue weighted by atomic mass is 32.2. The monoisotopic (exact) mass is 526 g/mol. The lowest BCUT2D eigenvalue weighted by molar-refractivity contribution is 0.0685. The van der Waals surface area contributed by atoms with Gasteiger partial charge in [-0.25, -0.2) is 18.0 Å². The van der Waals surface area contributed by atoms with Gasteiger partial charge in [0.15, 0.2) is 27.1 Å². The first-order valence-corrected chi connectivity index (χ1v) is 12.6. The number of aromatic hydroxyl groups is 1. The molecule has 0 saturated heterocycles. The molecule has 37 heavy (non-hydrogen) atoms. The predicted molar refractivity (Wildman–Crippen MR) is 133 cm³/mol. The van der Waals surface area contributed by atoms with Crippen molar-refractivity contribution in [3.8, 4) is 28.7 Å². The number of hydrogen-bond donors (Lipinski definition) is 3. The molecular formula is C25H22N2O9S. The molecule has 0 aromatic heterocycles. The average Bonchev–Trinajstić information content (AvgIpc) is 2.98. The van der Waals surface area contributed by atoms with Gasteiger partial charge >= 0.3 is 11.9 Å². The highest BCUT2D eigenvalue weighted by Gasteiger charge is 2.33. The van der Waals surface area contributed by atoms with Gasteiger partial charge in [0.05, 0.1) is 29.5 Å². The highest BCUT2D eigenvalue weighted by Crippen LogP contribution is 2.48. The van der Waals surface area contributed by atoms with Crippen molar-refractivity contribution in [2.24, 2.45) is 5.10 Å².